The zero-order chi connectivity index (χ0) is 18.2. The Balaban J connectivity index is 2.53. The quantitative estimate of drug-likeness (QED) is 0.618. The highest BCUT2D eigenvalue weighted by molar-refractivity contribution is 7.91. The molecule has 1 aromatic carbocycles. The molecule has 0 aliphatic heterocycles. The molecule has 2 rings (SSSR count). The minimum atomic E-state index is -4.62. The molecule has 10 heteroatoms. The molecule has 0 saturated carbocycles. The molecule has 1 heterocycles. The molecule has 0 fully saturated rings. The van der Waals surface area contributed by atoms with Gasteiger partial charge in [0.15, 0.2) is 4.90 Å². The van der Waals surface area contributed by atoms with Crippen LogP contribution in [0.15, 0.2) is 28.2 Å². The van der Waals surface area contributed by atoms with Gasteiger partial charge in [-0.2, -0.15) is 23.0 Å². The summed E-state index contributed by atoms with van der Waals surface area (Å²) in [6, 6.07) is 1.70. The second-order valence-corrected chi connectivity index (χ2v) is 6.92. The smallest absolute Gasteiger partial charge is 0.433 e. The third-order valence-corrected chi connectivity index (χ3v) is 4.78. The standard InChI is InChI=1S/C14H15F4N3O2S/c1-8(2)20-7-19-21(13(20)22)11-5-12(9(3)4-10(11)15)24(23)6-14(16,17)18/h4-5,7-8H,6H2,1-3H3. The van der Waals surface area contributed by atoms with Crippen molar-refractivity contribution in [2.75, 3.05) is 5.75 Å². The van der Waals surface area contributed by atoms with E-state index in [1.165, 1.54) is 17.8 Å². The van der Waals surface area contributed by atoms with Crippen LogP contribution in [-0.4, -0.2) is 30.8 Å². The van der Waals surface area contributed by atoms with Crippen molar-refractivity contribution in [2.24, 2.45) is 0 Å². The van der Waals surface area contributed by atoms with Crippen LogP contribution in [0.2, 0.25) is 0 Å². The van der Waals surface area contributed by atoms with Gasteiger partial charge >= 0.3 is 11.9 Å². The van der Waals surface area contributed by atoms with Crippen LogP contribution in [0.25, 0.3) is 5.69 Å². The first-order valence-corrected chi connectivity index (χ1v) is 8.25. The van der Waals surface area contributed by atoms with Gasteiger partial charge in [0.2, 0.25) is 5.75 Å². The summed E-state index contributed by atoms with van der Waals surface area (Å²) >= 11 is -2.41. The Bertz CT molecular complexity index is 798. The first-order valence-electron chi connectivity index (χ1n) is 6.93. The molecule has 0 saturated heterocycles. The Hall–Kier alpha value is -1.81. The number of hydrogen-bond donors (Lipinski definition) is 0. The van der Waals surface area contributed by atoms with Gasteiger partial charge in [-0.15, -0.1) is 0 Å². The maximum Gasteiger partial charge on any atom is 0.433 e. The Labute approximate surface area is 138 Å². The number of benzene rings is 1. The van der Waals surface area contributed by atoms with Crippen molar-refractivity contribution in [3.63, 3.8) is 0 Å². The maximum absolute atomic E-state index is 14.2. The normalized spacial score (nSPS) is 13.5. The van der Waals surface area contributed by atoms with Crippen molar-refractivity contribution < 1.29 is 22.1 Å². The molecule has 1 atom stereocenters. The van der Waals surface area contributed by atoms with Crippen LogP contribution in [0.3, 0.4) is 0 Å². The molecule has 0 spiro atoms. The van der Waals surface area contributed by atoms with E-state index in [0.29, 0.717) is 0 Å². The minimum Gasteiger partial charge on any atom is -0.611 e. The fourth-order valence-electron chi connectivity index (χ4n) is 2.11. The first-order chi connectivity index (χ1) is 11.0. The highest BCUT2D eigenvalue weighted by atomic mass is 32.2. The van der Waals surface area contributed by atoms with E-state index >= 15 is 0 Å². The average molecular weight is 365 g/mol. The first kappa shape index (κ1) is 18.5. The molecule has 5 nitrogen and oxygen atoms in total. The fourth-order valence-corrected chi connectivity index (χ4v) is 3.22. The molecule has 1 aromatic heterocycles. The van der Waals surface area contributed by atoms with Gasteiger partial charge in [0.1, 0.15) is 17.8 Å². The summed E-state index contributed by atoms with van der Waals surface area (Å²) in [5.74, 6) is -2.38. The number of rotatable bonds is 4. The third-order valence-electron chi connectivity index (χ3n) is 3.26. The van der Waals surface area contributed by atoms with E-state index in [4.69, 9.17) is 0 Å². The van der Waals surface area contributed by atoms with Crippen LogP contribution >= 0.6 is 0 Å². The number of aryl methyl sites for hydroxylation is 1. The van der Waals surface area contributed by atoms with Crippen molar-refractivity contribution in [3.05, 3.63) is 40.3 Å². The maximum atomic E-state index is 14.2. The van der Waals surface area contributed by atoms with E-state index in [-0.39, 0.29) is 22.2 Å². The lowest BCUT2D eigenvalue weighted by Crippen LogP contribution is -2.26. The number of nitrogens with zero attached hydrogens (tertiary/aromatic N) is 3. The van der Waals surface area contributed by atoms with E-state index in [2.05, 4.69) is 5.10 Å². The molecule has 2 aromatic rings. The van der Waals surface area contributed by atoms with E-state index in [1.54, 1.807) is 13.8 Å². The summed E-state index contributed by atoms with van der Waals surface area (Å²) in [6.45, 7) is 4.80. The average Bonchev–Trinajstić information content (AvgIpc) is 2.78. The van der Waals surface area contributed by atoms with Crippen LogP contribution in [0.4, 0.5) is 17.6 Å². The van der Waals surface area contributed by atoms with Gasteiger partial charge in [-0.05, 0) is 38.0 Å². The van der Waals surface area contributed by atoms with Crippen LogP contribution < -0.4 is 5.69 Å². The molecule has 0 aliphatic carbocycles. The molecular formula is C14H15F4N3O2S. The second-order valence-electron chi connectivity index (χ2n) is 5.50. The van der Waals surface area contributed by atoms with Crippen molar-refractivity contribution in [3.8, 4) is 5.69 Å². The summed E-state index contributed by atoms with van der Waals surface area (Å²) in [5, 5.41) is 3.78. The lowest BCUT2D eigenvalue weighted by atomic mass is 10.2. The van der Waals surface area contributed by atoms with Gasteiger partial charge in [-0.1, -0.05) is 0 Å². The van der Waals surface area contributed by atoms with Gasteiger partial charge in [-0.25, -0.2) is 9.18 Å². The molecule has 0 aliphatic rings. The lowest BCUT2D eigenvalue weighted by molar-refractivity contribution is -0.106. The largest absolute Gasteiger partial charge is 0.611 e. The van der Waals surface area contributed by atoms with Crippen molar-refractivity contribution in [1.29, 1.82) is 0 Å². The number of halogens is 4. The molecule has 1 unspecified atom stereocenters. The molecular weight excluding hydrogens is 350 g/mol. The van der Waals surface area contributed by atoms with Crippen molar-refractivity contribution >= 4 is 11.2 Å². The van der Waals surface area contributed by atoms with E-state index in [9.17, 15) is 26.9 Å². The van der Waals surface area contributed by atoms with Gasteiger partial charge in [0, 0.05) is 17.7 Å². The van der Waals surface area contributed by atoms with E-state index < -0.39 is 34.6 Å². The van der Waals surface area contributed by atoms with Crippen molar-refractivity contribution in [1.82, 2.24) is 14.3 Å². The van der Waals surface area contributed by atoms with Gasteiger partial charge in [0.25, 0.3) is 0 Å². The van der Waals surface area contributed by atoms with Gasteiger partial charge in [0.05, 0.1) is 0 Å². The van der Waals surface area contributed by atoms with Crippen LogP contribution in [0, 0.1) is 12.7 Å². The lowest BCUT2D eigenvalue weighted by Gasteiger charge is -2.15. The number of alkyl halides is 3. The molecule has 0 radical (unpaired) electrons. The van der Waals surface area contributed by atoms with E-state index in [1.807, 2.05) is 0 Å². The zero-order valence-corrected chi connectivity index (χ0v) is 13.9. The number of aromatic nitrogens is 3. The predicted molar refractivity (Wildman–Crippen MR) is 80.2 cm³/mol. The van der Waals surface area contributed by atoms with Crippen LogP contribution in [-0.2, 0) is 11.2 Å². The molecule has 132 valence electrons. The fraction of sp³-hybridized carbons (Fsp3) is 0.429. The highest BCUT2D eigenvalue weighted by Crippen LogP contribution is 2.27. The van der Waals surface area contributed by atoms with Crippen LogP contribution in [0.5, 0.6) is 0 Å². The molecule has 24 heavy (non-hydrogen) atoms. The Morgan fingerprint density at radius 3 is 2.46 bits per heavy atom. The highest BCUT2D eigenvalue weighted by Gasteiger charge is 2.36. The minimum absolute atomic E-state index is 0.107. The van der Waals surface area contributed by atoms with Crippen LogP contribution in [0.1, 0.15) is 25.5 Å². The second kappa shape index (κ2) is 6.60. The Kier molecular flexibility index (Phi) is 5.09. The molecule has 0 bridgehead atoms. The number of hydrogen-bond acceptors (Lipinski definition) is 3. The monoisotopic (exact) mass is 365 g/mol. The van der Waals surface area contributed by atoms with Gasteiger partial charge < -0.3 is 4.55 Å². The van der Waals surface area contributed by atoms with Crippen molar-refractivity contribution in [2.45, 2.75) is 37.9 Å². The summed E-state index contributed by atoms with van der Waals surface area (Å²) in [5.41, 5.74) is -0.869. The molecule has 0 amide bonds. The third kappa shape index (κ3) is 3.81. The van der Waals surface area contributed by atoms with Gasteiger partial charge in [-0.3, -0.25) is 4.57 Å². The molecule has 0 N–H and O–H groups in total. The summed E-state index contributed by atoms with van der Waals surface area (Å²) in [4.78, 5) is 12.0. The Morgan fingerprint density at radius 1 is 1.33 bits per heavy atom. The summed E-state index contributed by atoms with van der Waals surface area (Å²) in [7, 11) is 0. The zero-order valence-electron chi connectivity index (χ0n) is 13.1. The SMILES string of the molecule is Cc1cc(F)c(-n2ncn(C(C)C)c2=O)cc1[S+]([O-])CC(F)(F)F. The van der Waals surface area contributed by atoms with E-state index in [0.717, 1.165) is 16.8 Å². The predicted octanol–water partition coefficient (Wildman–Crippen LogP) is 2.73. The summed E-state index contributed by atoms with van der Waals surface area (Å²) < 4.78 is 65.4. The topological polar surface area (TPSA) is 62.9 Å². The summed E-state index contributed by atoms with van der Waals surface area (Å²) in [6.07, 6.45) is -3.42. The Morgan fingerprint density at radius 2 is 1.96 bits per heavy atom.